The van der Waals surface area contributed by atoms with Crippen LogP contribution in [-0.2, 0) is 24.0 Å². The van der Waals surface area contributed by atoms with E-state index in [-0.39, 0.29) is 52.9 Å². The second-order valence-corrected chi connectivity index (χ2v) is 30.8. The number of nitrogen functional groups attached to an aromatic ring is 1. The number of fused-ring (bicyclic) bond motifs is 3. The highest BCUT2D eigenvalue weighted by Crippen LogP contribution is 2.38. The highest BCUT2D eigenvalue weighted by molar-refractivity contribution is 6.09. The third-order valence-electron chi connectivity index (χ3n) is 22.0. The summed E-state index contributed by atoms with van der Waals surface area (Å²) in [5.74, 6) is -2.87. The molecule has 0 saturated heterocycles. The maximum atomic E-state index is 13.5. The molecule has 0 saturated carbocycles. The smallest absolute Gasteiger partial charge is 0.338 e. The van der Waals surface area contributed by atoms with Crippen molar-refractivity contribution in [1.29, 1.82) is 0 Å². The first-order valence-electron chi connectivity index (χ1n) is 41.3. The zero-order valence-electron chi connectivity index (χ0n) is 69.3. The summed E-state index contributed by atoms with van der Waals surface area (Å²) in [6.07, 6.45) is 13.9. The Morgan fingerprint density at radius 2 is 0.714 bits per heavy atom. The van der Waals surface area contributed by atoms with Gasteiger partial charge in [0.2, 0.25) is 0 Å². The molecule has 21 nitrogen and oxygen atoms in total. The Balaban J connectivity index is 0.000000167. The second kappa shape index (κ2) is 39.6. The first-order valence-corrected chi connectivity index (χ1v) is 41.3. The first kappa shape index (κ1) is 85.1. The largest absolute Gasteiger partial charge is 0.478 e. The van der Waals surface area contributed by atoms with Gasteiger partial charge in [0, 0.05) is 125 Å². The number of aryl methyl sites for hydroxylation is 3. The van der Waals surface area contributed by atoms with Crippen molar-refractivity contribution in [3.8, 4) is 33.8 Å². The van der Waals surface area contributed by atoms with E-state index in [4.69, 9.17) is 10.5 Å². The number of ether oxygens (including phenoxy) is 1. The highest BCUT2D eigenvalue weighted by atomic mass is 16.6. The van der Waals surface area contributed by atoms with Crippen LogP contribution in [0, 0.1) is 0 Å². The molecule has 3 heterocycles. The summed E-state index contributed by atoms with van der Waals surface area (Å²) in [5.41, 5.74) is 24.2. The van der Waals surface area contributed by atoms with Crippen molar-refractivity contribution >= 4 is 75.6 Å². The number of esters is 1. The van der Waals surface area contributed by atoms with Crippen molar-refractivity contribution in [2.45, 2.75) is 144 Å². The topological polar surface area (TPSA) is 284 Å². The number of nitrogens with one attached hydrogen (secondary N) is 5. The lowest BCUT2D eigenvalue weighted by molar-refractivity contribution is 0.00686. The molecule has 0 fully saturated rings. The number of nitrogens with two attached hydrogens (primary N) is 1. The molecule has 3 atom stereocenters. The van der Waals surface area contributed by atoms with Gasteiger partial charge in [-0.25, -0.2) is 9.59 Å². The van der Waals surface area contributed by atoms with Gasteiger partial charge in [0.25, 0.3) is 29.5 Å². The van der Waals surface area contributed by atoms with Gasteiger partial charge in [-0.1, -0.05) is 84.9 Å². The predicted molar refractivity (Wildman–Crippen MR) is 474 cm³/mol. The molecule has 612 valence electrons. The third-order valence-corrected chi connectivity index (χ3v) is 22.0. The standard InChI is InChI=1S/C38H42N4O4.C34H34N4O4.C26H30N4O/c1-6-42(7-2)29-18-19-33(41-35(43)26-14-10-15-28(22-26)37(45)46-38(3,4)5)31(24-29)34-23-27(20-21-39-34)36(44)40-32-17-11-13-25-12-8-9-16-30(25)32;1-3-38(4-2)26-15-16-30(37-32(39)23-11-7-12-25(19-23)34(41)42)28(21-26)31-20-24(17-18-35-31)33(40)36-29-14-8-10-22-9-5-6-13-27(22)29;1-3-30(4-2)20-12-13-23(27)22(17-20)25-16-19(14-15-28-25)26(31)29-24-11-7-9-18-8-5-6-10-21(18)24/h8-10,12,14-16,18-24,32H,6-7,11,13,17H2,1-5H3,(H,40,44)(H,41,43);5-7,9,11-13,15-21,29H,3-4,8,10,14H2,1-2H3,(H,36,40)(H,37,39)(H,41,42);5-6,8,10,12-17,24H,3-4,7,9,11,27H2,1-2H3,(H,29,31)/t32-;29-;24-/m000/s1. The molecule has 8 N–H and O–H groups in total. The summed E-state index contributed by atoms with van der Waals surface area (Å²) in [6.45, 7) is 23.0. The average Bonchev–Trinajstić information content (AvgIpc) is 0.842. The molecule has 3 aliphatic rings. The zero-order valence-corrected chi connectivity index (χ0v) is 69.3. The fraction of sp³-hybridized carbons (Fsp3) is 0.286. The molecule has 0 unspecified atom stereocenters. The molecule has 14 rings (SSSR count). The van der Waals surface area contributed by atoms with Crippen molar-refractivity contribution in [1.82, 2.24) is 30.9 Å². The van der Waals surface area contributed by atoms with Crippen LogP contribution in [0.5, 0.6) is 0 Å². The van der Waals surface area contributed by atoms with Gasteiger partial charge in [-0.3, -0.25) is 38.9 Å². The van der Waals surface area contributed by atoms with Crippen molar-refractivity contribution < 1.29 is 43.4 Å². The first-order chi connectivity index (χ1) is 57.5. The fourth-order valence-electron chi connectivity index (χ4n) is 15.7. The minimum absolute atomic E-state index is 0.0284. The lowest BCUT2D eigenvalue weighted by atomic mass is 9.87. The summed E-state index contributed by atoms with van der Waals surface area (Å²) in [5, 5.41) is 25.0. The maximum absolute atomic E-state index is 13.5. The van der Waals surface area contributed by atoms with E-state index >= 15 is 0 Å². The molecular weight excluding hydrogens is 1490 g/mol. The minimum Gasteiger partial charge on any atom is -0.478 e. The Morgan fingerprint density at radius 3 is 1.08 bits per heavy atom. The van der Waals surface area contributed by atoms with Crippen LogP contribution in [0.3, 0.4) is 0 Å². The van der Waals surface area contributed by atoms with Gasteiger partial charge in [-0.15, -0.1) is 0 Å². The van der Waals surface area contributed by atoms with Gasteiger partial charge in [-0.05, 0) is 281 Å². The molecule has 3 aromatic heterocycles. The number of nitrogens with zero attached hydrogens (tertiary/aromatic N) is 6. The summed E-state index contributed by atoms with van der Waals surface area (Å²) >= 11 is 0. The summed E-state index contributed by atoms with van der Waals surface area (Å²) in [7, 11) is 0. The SMILES string of the molecule is CCN(CC)c1ccc(N)c(-c2cc(C(=O)N[C@H]3CCCc4ccccc43)ccn2)c1.CCN(CC)c1ccc(NC(=O)c2cccc(C(=O)O)c2)c(-c2cc(C(=O)N[C@H]3CCCc4ccccc43)ccn2)c1.CCN(CC)c1ccc(NC(=O)c2cccc(C(=O)OC(C)(C)C)c2)c(-c2cc(C(=O)N[C@H]3CCCc4ccccc43)ccn2)c1. The van der Waals surface area contributed by atoms with Gasteiger partial charge in [0.05, 0.1) is 57.7 Å². The lowest BCUT2D eigenvalue weighted by Crippen LogP contribution is -2.31. The Kier molecular flexibility index (Phi) is 28.3. The van der Waals surface area contributed by atoms with Gasteiger partial charge < -0.3 is 56.9 Å². The summed E-state index contributed by atoms with van der Waals surface area (Å²) in [6, 6.07) is 65.2. The van der Waals surface area contributed by atoms with Gasteiger partial charge in [-0.2, -0.15) is 0 Å². The number of hydrogen-bond donors (Lipinski definition) is 7. The van der Waals surface area contributed by atoms with Crippen molar-refractivity contribution in [2.75, 3.05) is 70.3 Å². The zero-order chi connectivity index (χ0) is 84.3. The molecule has 5 amide bonds. The fourth-order valence-corrected chi connectivity index (χ4v) is 15.7. The molecule has 119 heavy (non-hydrogen) atoms. The number of carbonyl (C=O) groups is 7. The Morgan fingerprint density at radius 1 is 0.387 bits per heavy atom. The number of anilines is 6. The average molecular weight is 1600 g/mol. The van der Waals surface area contributed by atoms with Crippen molar-refractivity contribution in [3.63, 3.8) is 0 Å². The van der Waals surface area contributed by atoms with E-state index in [1.165, 1.54) is 52.1 Å². The quantitative estimate of drug-likeness (QED) is 0.0219. The Bertz CT molecular complexity index is 5490. The van der Waals surface area contributed by atoms with Gasteiger partial charge in [0.15, 0.2) is 0 Å². The van der Waals surface area contributed by atoms with Crippen molar-refractivity contribution in [2.24, 2.45) is 0 Å². The van der Waals surface area contributed by atoms with E-state index in [0.717, 1.165) is 125 Å². The number of carboxylic acid groups (broad SMARTS) is 1. The van der Waals surface area contributed by atoms with Crippen LogP contribution in [0.25, 0.3) is 33.8 Å². The van der Waals surface area contributed by atoms with E-state index in [2.05, 4.69) is 146 Å². The number of carboxylic acids is 1. The monoisotopic (exact) mass is 1590 g/mol. The number of carbonyl (C=O) groups excluding carboxylic acids is 6. The van der Waals surface area contributed by atoms with E-state index in [1.54, 1.807) is 94.0 Å². The Hall–Kier alpha value is -13.3. The van der Waals surface area contributed by atoms with Crippen LogP contribution in [0.15, 0.2) is 231 Å². The number of amides is 5. The molecule has 8 aromatic carbocycles. The van der Waals surface area contributed by atoms with Gasteiger partial charge >= 0.3 is 11.9 Å². The van der Waals surface area contributed by atoms with Crippen LogP contribution in [-0.4, -0.2) is 106 Å². The van der Waals surface area contributed by atoms with E-state index in [0.29, 0.717) is 73.1 Å². The molecular formula is C98H106N12O9. The van der Waals surface area contributed by atoms with E-state index < -0.39 is 23.4 Å². The molecule has 0 aliphatic heterocycles. The number of aromatic nitrogens is 3. The number of aromatic carboxylic acids is 1. The minimum atomic E-state index is -1.11. The molecule has 0 radical (unpaired) electrons. The molecule has 21 heteroatoms. The molecule has 3 aliphatic carbocycles. The van der Waals surface area contributed by atoms with Crippen molar-refractivity contribution in [3.05, 3.63) is 303 Å². The Labute approximate surface area is 697 Å². The lowest BCUT2D eigenvalue weighted by Gasteiger charge is -2.26. The molecule has 0 spiro atoms. The van der Waals surface area contributed by atoms with Crippen LogP contribution in [0.1, 0.15) is 225 Å². The number of pyridine rings is 3. The van der Waals surface area contributed by atoms with Crippen LogP contribution >= 0.6 is 0 Å². The second-order valence-electron chi connectivity index (χ2n) is 30.8. The maximum Gasteiger partial charge on any atom is 0.338 e. The summed E-state index contributed by atoms with van der Waals surface area (Å²) < 4.78 is 5.49. The van der Waals surface area contributed by atoms with Crippen LogP contribution < -0.4 is 47.0 Å². The van der Waals surface area contributed by atoms with Crippen LogP contribution in [0.2, 0.25) is 0 Å². The molecule has 11 aromatic rings. The highest BCUT2D eigenvalue weighted by Gasteiger charge is 2.28. The number of benzene rings is 8. The van der Waals surface area contributed by atoms with E-state index in [1.807, 2.05) is 84.9 Å². The van der Waals surface area contributed by atoms with E-state index in [9.17, 15) is 38.7 Å². The summed E-state index contributed by atoms with van der Waals surface area (Å²) in [4.78, 5) is 111. The molecule has 0 bridgehead atoms. The van der Waals surface area contributed by atoms with Crippen LogP contribution in [0.4, 0.5) is 34.1 Å². The number of rotatable bonds is 24. The van der Waals surface area contributed by atoms with Gasteiger partial charge in [0.1, 0.15) is 5.60 Å². The predicted octanol–water partition coefficient (Wildman–Crippen LogP) is 18.9. The normalized spacial score (nSPS) is 14.4. The third kappa shape index (κ3) is 21.3. The number of hydrogen-bond acceptors (Lipinski definition) is 15.